The van der Waals surface area contributed by atoms with Crippen LogP contribution in [-0.2, 0) is 0 Å². The van der Waals surface area contributed by atoms with Crippen LogP contribution in [0.3, 0.4) is 0 Å². The molecule has 0 fully saturated rings. The highest BCUT2D eigenvalue weighted by Crippen LogP contribution is 2.16. The third-order valence-corrected chi connectivity index (χ3v) is 2.92. The van der Waals surface area contributed by atoms with E-state index in [2.05, 4.69) is 10.3 Å². The van der Waals surface area contributed by atoms with Crippen LogP contribution in [0.15, 0.2) is 59.5 Å². The van der Waals surface area contributed by atoms with Crippen LogP contribution in [-0.4, -0.2) is 21.1 Å². The number of anilines is 2. The molecule has 0 saturated heterocycles. The summed E-state index contributed by atoms with van der Waals surface area (Å²) in [5.41, 5.74) is 0.880. The van der Waals surface area contributed by atoms with Crippen LogP contribution in [0.25, 0.3) is 5.65 Å². The van der Waals surface area contributed by atoms with E-state index < -0.39 is 0 Å². The highest BCUT2D eigenvalue weighted by molar-refractivity contribution is 5.84. The number of nitrogens with one attached hydrogen (secondary N) is 1. The van der Waals surface area contributed by atoms with E-state index in [4.69, 9.17) is 0 Å². The minimum atomic E-state index is -0.385. The average Bonchev–Trinajstić information content (AvgIpc) is 2.49. The Morgan fingerprint density at radius 3 is 2.48 bits per heavy atom. The second-order valence-corrected chi connectivity index (χ2v) is 4.22. The molecule has 0 bridgehead atoms. The van der Waals surface area contributed by atoms with Crippen molar-refractivity contribution in [2.75, 3.05) is 5.32 Å². The van der Waals surface area contributed by atoms with E-state index in [-0.39, 0.29) is 22.4 Å². The molecule has 21 heavy (non-hydrogen) atoms. The lowest BCUT2D eigenvalue weighted by molar-refractivity contribution is 0.112. The predicted molar refractivity (Wildman–Crippen MR) is 80.2 cm³/mol. The SMILES string of the molecule is O.O=Cc1c(Nc2ccccc2)nc2ccccn2c1=O. The van der Waals surface area contributed by atoms with Crippen LogP contribution in [0, 0.1) is 0 Å². The van der Waals surface area contributed by atoms with Crippen molar-refractivity contribution >= 4 is 23.4 Å². The summed E-state index contributed by atoms with van der Waals surface area (Å²) < 4.78 is 1.35. The first-order valence-corrected chi connectivity index (χ1v) is 6.08. The van der Waals surface area contributed by atoms with Crippen LogP contribution in [0.5, 0.6) is 0 Å². The van der Waals surface area contributed by atoms with Crippen molar-refractivity contribution in [1.82, 2.24) is 9.38 Å². The van der Waals surface area contributed by atoms with Gasteiger partial charge in [-0.3, -0.25) is 14.0 Å². The summed E-state index contributed by atoms with van der Waals surface area (Å²) in [4.78, 5) is 27.7. The van der Waals surface area contributed by atoms with E-state index in [9.17, 15) is 9.59 Å². The Balaban J connectivity index is 0.00000161. The minimum Gasteiger partial charge on any atom is -0.412 e. The van der Waals surface area contributed by atoms with E-state index in [0.717, 1.165) is 5.69 Å². The number of hydrogen-bond acceptors (Lipinski definition) is 4. The largest absolute Gasteiger partial charge is 0.412 e. The van der Waals surface area contributed by atoms with E-state index in [0.29, 0.717) is 11.9 Å². The number of carbonyl (C=O) groups is 1. The van der Waals surface area contributed by atoms with Crippen LogP contribution in [0.1, 0.15) is 10.4 Å². The average molecular weight is 283 g/mol. The molecule has 3 aromatic rings. The molecular formula is C15H13N3O3. The van der Waals surface area contributed by atoms with Gasteiger partial charge in [-0.15, -0.1) is 0 Å². The molecule has 0 aliphatic heterocycles. The standard InChI is InChI=1S/C15H11N3O2.H2O/c19-10-12-14(16-11-6-2-1-3-7-11)17-13-8-4-5-9-18(13)15(12)20;/h1-10,16H;1H2. The summed E-state index contributed by atoms with van der Waals surface area (Å²) in [6.45, 7) is 0. The first kappa shape index (κ1) is 14.4. The molecule has 0 spiro atoms. The van der Waals surface area contributed by atoms with E-state index >= 15 is 0 Å². The van der Waals surface area contributed by atoms with Gasteiger partial charge in [0.15, 0.2) is 6.29 Å². The zero-order valence-corrected chi connectivity index (χ0v) is 11.0. The fourth-order valence-electron chi connectivity index (χ4n) is 1.96. The molecule has 0 aliphatic carbocycles. The minimum absolute atomic E-state index is 0. The molecule has 0 atom stereocenters. The highest BCUT2D eigenvalue weighted by atomic mass is 16.1. The maximum Gasteiger partial charge on any atom is 0.270 e. The molecular weight excluding hydrogens is 270 g/mol. The number of aldehydes is 1. The lowest BCUT2D eigenvalue weighted by Gasteiger charge is -2.09. The number of para-hydroxylation sites is 1. The summed E-state index contributed by atoms with van der Waals surface area (Å²) in [6.07, 6.45) is 2.12. The number of aromatic nitrogens is 2. The van der Waals surface area contributed by atoms with E-state index in [1.807, 2.05) is 30.3 Å². The molecule has 3 rings (SSSR count). The number of benzene rings is 1. The summed E-state index contributed by atoms with van der Waals surface area (Å²) in [7, 11) is 0. The molecule has 6 heteroatoms. The van der Waals surface area contributed by atoms with Gasteiger partial charge in [0, 0.05) is 11.9 Å². The van der Waals surface area contributed by atoms with Crippen molar-refractivity contribution in [1.29, 1.82) is 0 Å². The van der Waals surface area contributed by atoms with Gasteiger partial charge in [-0.25, -0.2) is 4.98 Å². The number of pyridine rings is 1. The second-order valence-electron chi connectivity index (χ2n) is 4.22. The normalized spacial score (nSPS) is 9.90. The molecule has 2 aromatic heterocycles. The highest BCUT2D eigenvalue weighted by Gasteiger charge is 2.11. The molecule has 0 amide bonds. The fourth-order valence-corrected chi connectivity index (χ4v) is 1.96. The number of fused-ring (bicyclic) bond motifs is 1. The van der Waals surface area contributed by atoms with Gasteiger partial charge in [-0.2, -0.15) is 0 Å². The Morgan fingerprint density at radius 2 is 1.76 bits per heavy atom. The van der Waals surface area contributed by atoms with Crippen LogP contribution in [0.4, 0.5) is 11.5 Å². The van der Waals surface area contributed by atoms with Gasteiger partial charge in [0.1, 0.15) is 17.0 Å². The zero-order valence-electron chi connectivity index (χ0n) is 11.0. The summed E-state index contributed by atoms with van der Waals surface area (Å²) in [6, 6.07) is 14.5. The second kappa shape index (κ2) is 5.98. The zero-order chi connectivity index (χ0) is 13.9. The lowest BCUT2D eigenvalue weighted by Crippen LogP contribution is -2.21. The molecule has 6 nitrogen and oxygen atoms in total. The molecule has 3 N–H and O–H groups in total. The third kappa shape index (κ3) is 2.65. The van der Waals surface area contributed by atoms with Crippen molar-refractivity contribution in [3.63, 3.8) is 0 Å². The Bertz CT molecular complexity index is 828. The molecule has 106 valence electrons. The van der Waals surface area contributed by atoms with Crippen LogP contribution < -0.4 is 10.9 Å². The van der Waals surface area contributed by atoms with Gasteiger partial charge in [0.05, 0.1) is 0 Å². The summed E-state index contributed by atoms with van der Waals surface area (Å²) >= 11 is 0. The Labute approximate surface area is 120 Å². The first-order valence-electron chi connectivity index (χ1n) is 6.08. The fraction of sp³-hybridized carbons (Fsp3) is 0. The number of carbonyl (C=O) groups excluding carboxylic acids is 1. The Kier molecular flexibility index (Phi) is 4.10. The smallest absolute Gasteiger partial charge is 0.270 e. The van der Waals surface area contributed by atoms with Gasteiger partial charge in [-0.05, 0) is 24.3 Å². The van der Waals surface area contributed by atoms with E-state index in [1.165, 1.54) is 4.40 Å². The quantitative estimate of drug-likeness (QED) is 0.735. The summed E-state index contributed by atoms with van der Waals surface area (Å²) in [5.74, 6) is 0.266. The first-order chi connectivity index (χ1) is 9.79. The van der Waals surface area contributed by atoms with Gasteiger partial charge in [-0.1, -0.05) is 24.3 Å². The molecule has 2 heterocycles. The van der Waals surface area contributed by atoms with Crippen molar-refractivity contribution < 1.29 is 10.3 Å². The van der Waals surface area contributed by atoms with Crippen molar-refractivity contribution in [2.45, 2.75) is 0 Å². The molecule has 0 unspecified atom stereocenters. The van der Waals surface area contributed by atoms with Gasteiger partial charge in [0.2, 0.25) is 0 Å². The molecule has 0 aliphatic rings. The van der Waals surface area contributed by atoms with Crippen molar-refractivity contribution in [3.05, 3.63) is 70.6 Å². The Hall–Kier alpha value is -2.99. The van der Waals surface area contributed by atoms with Crippen molar-refractivity contribution in [2.24, 2.45) is 0 Å². The number of rotatable bonds is 3. The van der Waals surface area contributed by atoms with Gasteiger partial charge in [0.25, 0.3) is 5.56 Å². The van der Waals surface area contributed by atoms with E-state index in [1.54, 1.807) is 24.4 Å². The summed E-state index contributed by atoms with van der Waals surface area (Å²) in [5, 5.41) is 3.00. The monoisotopic (exact) mass is 283 g/mol. The Morgan fingerprint density at radius 1 is 1.05 bits per heavy atom. The number of hydrogen-bond donors (Lipinski definition) is 1. The predicted octanol–water partition coefficient (Wildman–Crippen LogP) is 1.43. The van der Waals surface area contributed by atoms with Gasteiger partial charge < -0.3 is 10.8 Å². The molecule has 0 radical (unpaired) electrons. The van der Waals surface area contributed by atoms with Gasteiger partial charge >= 0.3 is 0 Å². The topological polar surface area (TPSA) is 95.0 Å². The van der Waals surface area contributed by atoms with Crippen molar-refractivity contribution in [3.8, 4) is 0 Å². The number of nitrogens with zero attached hydrogens (tertiary/aromatic N) is 2. The maximum absolute atomic E-state index is 12.2. The van der Waals surface area contributed by atoms with Crippen LogP contribution >= 0.6 is 0 Å². The third-order valence-electron chi connectivity index (χ3n) is 2.92. The molecule has 0 saturated carbocycles. The van der Waals surface area contributed by atoms with Crippen LogP contribution in [0.2, 0.25) is 0 Å². The lowest BCUT2D eigenvalue weighted by atomic mass is 10.2. The molecule has 1 aromatic carbocycles. The maximum atomic E-state index is 12.2.